The Bertz CT molecular complexity index is 291. The van der Waals surface area contributed by atoms with Crippen molar-refractivity contribution in [2.24, 2.45) is 0 Å². The summed E-state index contributed by atoms with van der Waals surface area (Å²) in [5.74, 6) is -0.0826. The van der Waals surface area contributed by atoms with Crippen LogP contribution >= 0.6 is 0 Å². The molecule has 1 nitrogen and oxygen atoms in total. The van der Waals surface area contributed by atoms with Crippen LogP contribution in [0.25, 0.3) is 0 Å². The van der Waals surface area contributed by atoms with E-state index in [2.05, 4.69) is 19.8 Å². The molecule has 0 bridgehead atoms. The molecule has 1 aromatic heterocycles. The molecule has 0 saturated heterocycles. The van der Waals surface area contributed by atoms with Crippen LogP contribution in [0.1, 0.15) is 5.69 Å². The van der Waals surface area contributed by atoms with E-state index >= 15 is 0 Å². The molecule has 1 rings (SSSR count). The maximum absolute atomic E-state index is 13.5. The van der Waals surface area contributed by atoms with Gasteiger partial charge < -0.3 is 0 Å². The van der Waals surface area contributed by atoms with Gasteiger partial charge in [0.1, 0.15) is 0 Å². The molecule has 0 aliphatic rings. The van der Waals surface area contributed by atoms with Gasteiger partial charge in [-0.05, 0) is 0 Å². The van der Waals surface area contributed by atoms with Crippen LogP contribution < -0.4 is 3.58 Å². The third kappa shape index (κ3) is 1.97. The Morgan fingerprint density at radius 3 is 2.33 bits per heavy atom. The van der Waals surface area contributed by atoms with E-state index in [1.165, 1.54) is 0 Å². The van der Waals surface area contributed by atoms with Gasteiger partial charge in [-0.3, -0.25) is 0 Å². The van der Waals surface area contributed by atoms with E-state index in [1.54, 1.807) is 13.1 Å². The molecule has 0 amide bonds. The van der Waals surface area contributed by atoms with Gasteiger partial charge in [0.05, 0.1) is 0 Å². The van der Waals surface area contributed by atoms with E-state index in [9.17, 15) is 4.39 Å². The molecule has 12 heavy (non-hydrogen) atoms. The van der Waals surface area contributed by atoms with Crippen molar-refractivity contribution in [2.75, 3.05) is 0 Å². The third-order valence-electron chi connectivity index (χ3n) is 1.87. The molecular formula is C9H14FNSn. The van der Waals surface area contributed by atoms with Crippen molar-refractivity contribution in [2.45, 2.75) is 21.7 Å². The van der Waals surface area contributed by atoms with Crippen LogP contribution in [0.2, 0.25) is 14.8 Å². The van der Waals surface area contributed by atoms with E-state index in [4.69, 9.17) is 0 Å². The molecule has 0 radical (unpaired) electrons. The summed E-state index contributed by atoms with van der Waals surface area (Å²) >= 11 is -2.23. The fraction of sp³-hybridized carbons (Fsp3) is 0.444. The average Bonchev–Trinajstić information content (AvgIpc) is 1.92. The molecule has 0 atom stereocenters. The van der Waals surface area contributed by atoms with Gasteiger partial charge in [0.25, 0.3) is 0 Å². The number of halogens is 1. The van der Waals surface area contributed by atoms with Gasteiger partial charge in [0.15, 0.2) is 0 Å². The molecular weight excluding hydrogens is 260 g/mol. The molecule has 0 aliphatic carbocycles. The minimum atomic E-state index is -2.23. The number of rotatable bonds is 1. The summed E-state index contributed by atoms with van der Waals surface area (Å²) in [5, 5.41) is 0. The molecule has 66 valence electrons. The first kappa shape index (κ1) is 9.96. The zero-order chi connectivity index (χ0) is 9.35. The topological polar surface area (TPSA) is 12.9 Å². The van der Waals surface area contributed by atoms with Gasteiger partial charge in [0, 0.05) is 0 Å². The second-order valence-corrected chi connectivity index (χ2v) is 18.4. The van der Waals surface area contributed by atoms with Gasteiger partial charge in [-0.2, -0.15) is 0 Å². The zero-order valence-corrected chi connectivity index (χ0v) is 10.8. The number of aromatic nitrogens is 1. The van der Waals surface area contributed by atoms with Crippen LogP contribution in [0.3, 0.4) is 0 Å². The summed E-state index contributed by atoms with van der Waals surface area (Å²) in [6.07, 6.45) is 1.70. The minimum absolute atomic E-state index is 0.0826. The molecule has 0 spiro atoms. The monoisotopic (exact) mass is 275 g/mol. The molecule has 1 aromatic rings. The van der Waals surface area contributed by atoms with Gasteiger partial charge in [-0.15, -0.1) is 0 Å². The fourth-order valence-corrected chi connectivity index (χ4v) is 5.16. The third-order valence-corrected chi connectivity index (χ3v) is 7.59. The summed E-state index contributed by atoms with van der Waals surface area (Å²) < 4.78 is 14.4. The first-order valence-corrected chi connectivity index (χ1v) is 14.0. The second-order valence-electron chi connectivity index (χ2n) is 4.01. The van der Waals surface area contributed by atoms with Gasteiger partial charge in [-0.1, -0.05) is 0 Å². The molecule has 3 heteroatoms. The average molecular weight is 274 g/mol. The van der Waals surface area contributed by atoms with Crippen LogP contribution in [0.4, 0.5) is 4.39 Å². The van der Waals surface area contributed by atoms with Crippen LogP contribution in [0.5, 0.6) is 0 Å². The predicted octanol–water partition coefficient (Wildman–Crippen LogP) is 2.07. The Hall–Kier alpha value is -0.121. The molecule has 0 saturated carbocycles. The summed E-state index contributed by atoms with van der Waals surface area (Å²) in [6, 6.07) is 1.83. The number of nitrogens with zero attached hydrogens (tertiary/aromatic N) is 1. The fourth-order valence-electron chi connectivity index (χ4n) is 1.13. The maximum atomic E-state index is 13.5. The van der Waals surface area contributed by atoms with Crippen molar-refractivity contribution in [3.05, 3.63) is 23.8 Å². The Balaban J connectivity index is 3.26. The summed E-state index contributed by atoms with van der Waals surface area (Å²) in [7, 11) is 0. The number of aryl methyl sites for hydroxylation is 1. The standard InChI is InChI=1S/C6H5FN.3CH3.Sn/c1-5-6(7)3-2-4-8-5;;;;/h2,4H,1H3;3*1H3;. The van der Waals surface area contributed by atoms with Crippen molar-refractivity contribution in [3.63, 3.8) is 0 Å². The van der Waals surface area contributed by atoms with Crippen molar-refractivity contribution in [1.82, 2.24) is 4.98 Å². The number of hydrogen-bond donors (Lipinski definition) is 0. The van der Waals surface area contributed by atoms with E-state index in [0.717, 1.165) is 3.58 Å². The normalized spacial score (nSPS) is 11.8. The molecule has 1 heterocycles. The number of pyridine rings is 1. The Labute approximate surface area is 76.9 Å². The van der Waals surface area contributed by atoms with Crippen molar-refractivity contribution >= 4 is 22.0 Å². The SMILES string of the molecule is Cc1ncc[c]([Sn]([CH3])([CH3])[CH3])c1F. The van der Waals surface area contributed by atoms with Crippen LogP contribution in [-0.2, 0) is 0 Å². The molecule has 0 unspecified atom stereocenters. The summed E-state index contributed by atoms with van der Waals surface area (Å²) in [4.78, 5) is 10.5. The first-order valence-electron chi connectivity index (χ1n) is 4.04. The van der Waals surface area contributed by atoms with Gasteiger partial charge in [-0.25, -0.2) is 0 Å². The number of hydrogen-bond acceptors (Lipinski definition) is 1. The van der Waals surface area contributed by atoms with E-state index in [1.807, 2.05) is 6.07 Å². The Kier molecular flexibility index (Phi) is 2.76. The van der Waals surface area contributed by atoms with Gasteiger partial charge in [0.2, 0.25) is 0 Å². The molecule has 0 aliphatic heterocycles. The Morgan fingerprint density at radius 2 is 1.92 bits per heavy atom. The molecule has 0 N–H and O–H groups in total. The van der Waals surface area contributed by atoms with E-state index < -0.39 is 18.4 Å². The first-order chi connectivity index (χ1) is 5.43. The second kappa shape index (κ2) is 3.32. The summed E-state index contributed by atoms with van der Waals surface area (Å²) in [5.41, 5.74) is 0.527. The zero-order valence-electron chi connectivity index (χ0n) is 7.98. The van der Waals surface area contributed by atoms with Crippen molar-refractivity contribution in [3.8, 4) is 0 Å². The quantitative estimate of drug-likeness (QED) is 0.714. The van der Waals surface area contributed by atoms with Gasteiger partial charge >= 0.3 is 76.8 Å². The predicted molar refractivity (Wildman–Crippen MR) is 51.9 cm³/mol. The van der Waals surface area contributed by atoms with Crippen LogP contribution in [0.15, 0.2) is 12.3 Å². The van der Waals surface area contributed by atoms with Crippen molar-refractivity contribution < 1.29 is 4.39 Å². The van der Waals surface area contributed by atoms with E-state index in [0.29, 0.717) is 5.69 Å². The van der Waals surface area contributed by atoms with Crippen LogP contribution in [-0.4, -0.2) is 23.4 Å². The van der Waals surface area contributed by atoms with Crippen LogP contribution in [0, 0.1) is 12.7 Å². The summed E-state index contributed by atoms with van der Waals surface area (Å²) in [6.45, 7) is 1.72. The van der Waals surface area contributed by atoms with Crippen molar-refractivity contribution in [1.29, 1.82) is 0 Å². The Morgan fingerprint density at radius 1 is 1.33 bits per heavy atom. The van der Waals surface area contributed by atoms with E-state index in [-0.39, 0.29) is 5.82 Å². The molecule has 0 aromatic carbocycles. The molecule has 0 fully saturated rings.